The van der Waals surface area contributed by atoms with Crippen LogP contribution in [-0.2, 0) is 0 Å². The highest BCUT2D eigenvalue weighted by Gasteiger charge is 2.52. The van der Waals surface area contributed by atoms with Gasteiger partial charge in [-0.05, 0) is 53.9 Å². The Hall–Kier alpha value is -2.43. The zero-order valence-electron chi connectivity index (χ0n) is 15.8. The van der Waals surface area contributed by atoms with E-state index in [0.717, 1.165) is 0 Å². The van der Waals surface area contributed by atoms with Crippen LogP contribution in [0.1, 0.15) is 30.5 Å². The van der Waals surface area contributed by atoms with Crippen LogP contribution in [-0.4, -0.2) is 6.16 Å². The zero-order chi connectivity index (χ0) is 18.4. The van der Waals surface area contributed by atoms with E-state index in [2.05, 4.69) is 105 Å². The average molecular weight is 366 g/mol. The lowest BCUT2D eigenvalue weighted by Gasteiger charge is -2.31. The van der Waals surface area contributed by atoms with E-state index >= 15 is 0 Å². The Balaban J connectivity index is 1.77. The second-order valence-electron chi connectivity index (χ2n) is 7.71. The van der Waals surface area contributed by atoms with Crippen molar-refractivity contribution in [2.45, 2.75) is 13.8 Å². The summed E-state index contributed by atoms with van der Waals surface area (Å²) in [4.78, 5) is 0. The van der Waals surface area contributed by atoms with Crippen molar-refractivity contribution >= 4 is 24.1 Å². The molecule has 0 N–H and O–H groups in total. The third kappa shape index (κ3) is 2.47. The van der Waals surface area contributed by atoms with Crippen LogP contribution in [0.4, 0.5) is 0 Å². The fraction of sp³-hybridized carbons (Fsp3) is 0.154. The van der Waals surface area contributed by atoms with Gasteiger partial charge in [-0.15, -0.1) is 0 Å². The number of rotatable bonds is 3. The molecular weight excluding hydrogens is 343 g/mol. The van der Waals surface area contributed by atoms with Crippen LogP contribution in [0, 0.1) is 5.41 Å². The average Bonchev–Trinajstić information content (AvgIpc) is 3.17. The molecule has 0 spiro atoms. The molecule has 0 radical (unpaired) electrons. The van der Waals surface area contributed by atoms with E-state index in [1.165, 1.54) is 22.9 Å². The van der Waals surface area contributed by atoms with Gasteiger partial charge < -0.3 is 0 Å². The highest BCUT2D eigenvalue weighted by atomic mass is 31.1. The fourth-order valence-corrected chi connectivity index (χ4v) is 8.54. The molecule has 2 atom stereocenters. The van der Waals surface area contributed by atoms with Crippen molar-refractivity contribution in [3.05, 3.63) is 113 Å². The molecule has 0 saturated carbocycles. The van der Waals surface area contributed by atoms with Gasteiger partial charge in [0.25, 0.3) is 0 Å². The third-order valence-electron chi connectivity index (χ3n) is 6.14. The normalized spacial score (nSPS) is 24.0. The highest BCUT2D eigenvalue weighted by Crippen LogP contribution is 2.80. The summed E-state index contributed by atoms with van der Waals surface area (Å²) in [6.07, 6.45) is 1.24. The molecule has 3 aromatic carbocycles. The molecule has 5 rings (SSSR count). The Labute approximate surface area is 163 Å². The molecule has 132 valence electrons. The van der Waals surface area contributed by atoms with Gasteiger partial charge in [-0.2, -0.15) is 0 Å². The summed E-state index contributed by atoms with van der Waals surface area (Å²) in [6, 6.07) is 33.1. The smallest absolute Gasteiger partial charge is 0.0198 e. The van der Waals surface area contributed by atoms with E-state index in [9.17, 15) is 0 Å². The van der Waals surface area contributed by atoms with Crippen LogP contribution in [0.15, 0.2) is 96.6 Å². The minimum absolute atomic E-state index is 0.128. The van der Waals surface area contributed by atoms with Gasteiger partial charge >= 0.3 is 0 Å². The first kappa shape index (κ1) is 16.7. The van der Waals surface area contributed by atoms with Gasteiger partial charge in [0.05, 0.1) is 0 Å². The summed E-state index contributed by atoms with van der Waals surface area (Å²) in [5.74, 6) is 0. The van der Waals surface area contributed by atoms with E-state index in [1.807, 2.05) is 0 Å². The number of allylic oxidation sites excluding steroid dienone is 2. The van der Waals surface area contributed by atoms with Crippen LogP contribution in [0.2, 0.25) is 0 Å². The number of benzene rings is 3. The zero-order valence-corrected chi connectivity index (χ0v) is 16.7. The van der Waals surface area contributed by atoms with Crippen molar-refractivity contribution in [2.24, 2.45) is 5.41 Å². The van der Waals surface area contributed by atoms with Gasteiger partial charge in [0.2, 0.25) is 0 Å². The molecule has 0 amide bonds. The largest absolute Gasteiger partial charge is 0.0622 e. The molecule has 0 aromatic heterocycles. The summed E-state index contributed by atoms with van der Waals surface area (Å²) in [5, 5.41) is 3.19. The second-order valence-corrected chi connectivity index (χ2v) is 9.78. The summed E-state index contributed by atoms with van der Waals surface area (Å²) in [6.45, 7) is 4.83. The molecule has 2 bridgehead atoms. The molecule has 2 heterocycles. The van der Waals surface area contributed by atoms with Gasteiger partial charge in [0.1, 0.15) is 0 Å². The molecule has 0 saturated heterocycles. The predicted octanol–water partition coefficient (Wildman–Crippen LogP) is 7.50. The van der Waals surface area contributed by atoms with Crippen molar-refractivity contribution in [3.8, 4) is 0 Å². The monoisotopic (exact) mass is 366 g/mol. The van der Waals surface area contributed by atoms with Crippen LogP contribution in [0.3, 0.4) is 0 Å². The SMILES string of the molecule is CC1=C(c2ccccc2)P2CC1(C)C(c1ccccc1)=C2c1ccccc1. The van der Waals surface area contributed by atoms with E-state index in [-0.39, 0.29) is 13.3 Å². The quantitative estimate of drug-likeness (QED) is 0.421. The summed E-state index contributed by atoms with van der Waals surface area (Å²) in [5.41, 5.74) is 7.44. The Bertz CT molecular complexity index is 1050. The number of hydrogen-bond donors (Lipinski definition) is 0. The van der Waals surface area contributed by atoms with Crippen LogP contribution in [0.5, 0.6) is 0 Å². The lowest BCUT2D eigenvalue weighted by molar-refractivity contribution is 0.632. The van der Waals surface area contributed by atoms with Crippen LogP contribution >= 0.6 is 7.92 Å². The number of fused-ring (bicyclic) bond motifs is 2. The van der Waals surface area contributed by atoms with Gasteiger partial charge in [-0.3, -0.25) is 0 Å². The molecule has 1 heteroatoms. The van der Waals surface area contributed by atoms with Gasteiger partial charge in [-0.1, -0.05) is 103 Å². The highest BCUT2D eigenvalue weighted by molar-refractivity contribution is 7.79. The summed E-state index contributed by atoms with van der Waals surface area (Å²) < 4.78 is 0. The Kier molecular flexibility index (Phi) is 3.92. The lowest BCUT2D eigenvalue weighted by atomic mass is 9.73. The molecule has 3 aromatic rings. The van der Waals surface area contributed by atoms with Gasteiger partial charge in [0, 0.05) is 5.41 Å². The molecule has 2 aliphatic rings. The Morgan fingerprint density at radius 1 is 0.630 bits per heavy atom. The Morgan fingerprint density at radius 3 is 1.59 bits per heavy atom. The van der Waals surface area contributed by atoms with E-state index < -0.39 is 0 Å². The maximum atomic E-state index is 2.46. The molecule has 0 nitrogen and oxygen atoms in total. The molecule has 2 unspecified atom stereocenters. The first-order valence-electron chi connectivity index (χ1n) is 9.60. The van der Waals surface area contributed by atoms with E-state index in [4.69, 9.17) is 0 Å². The molecule has 27 heavy (non-hydrogen) atoms. The maximum Gasteiger partial charge on any atom is 0.0198 e. The van der Waals surface area contributed by atoms with Crippen LogP contribution < -0.4 is 0 Å². The third-order valence-corrected chi connectivity index (χ3v) is 9.25. The predicted molar refractivity (Wildman–Crippen MR) is 119 cm³/mol. The standard InChI is InChI=1S/C26H23P/c1-19-24(21-14-8-4-9-15-21)27-18-26(19,2)23(20-12-6-3-7-13-20)25(27)22-16-10-5-11-17-22/h3-17H,18H2,1-2H3. The van der Waals surface area contributed by atoms with Crippen molar-refractivity contribution in [3.63, 3.8) is 0 Å². The second kappa shape index (κ2) is 6.32. The lowest BCUT2D eigenvalue weighted by Crippen LogP contribution is -2.18. The summed E-state index contributed by atoms with van der Waals surface area (Å²) in [7, 11) is -0.340. The van der Waals surface area contributed by atoms with Crippen LogP contribution in [0.25, 0.3) is 16.2 Å². The van der Waals surface area contributed by atoms with Crippen molar-refractivity contribution in [2.75, 3.05) is 6.16 Å². The maximum absolute atomic E-state index is 2.46. The minimum Gasteiger partial charge on any atom is -0.0622 e. The molecule has 0 aliphatic carbocycles. The molecule has 0 fully saturated rings. The van der Waals surface area contributed by atoms with Crippen molar-refractivity contribution in [1.29, 1.82) is 0 Å². The number of hydrogen-bond acceptors (Lipinski definition) is 0. The van der Waals surface area contributed by atoms with E-state index in [0.29, 0.717) is 0 Å². The first-order valence-corrected chi connectivity index (χ1v) is 11.1. The van der Waals surface area contributed by atoms with Crippen molar-refractivity contribution in [1.82, 2.24) is 0 Å². The summed E-state index contributed by atoms with van der Waals surface area (Å²) >= 11 is 0. The molecule has 2 aliphatic heterocycles. The van der Waals surface area contributed by atoms with Gasteiger partial charge in [0.15, 0.2) is 0 Å². The molecular formula is C26H23P. The van der Waals surface area contributed by atoms with Gasteiger partial charge in [-0.25, -0.2) is 0 Å². The minimum atomic E-state index is -0.340. The Morgan fingerprint density at radius 2 is 1.07 bits per heavy atom. The first-order chi connectivity index (χ1) is 13.2. The van der Waals surface area contributed by atoms with Crippen molar-refractivity contribution < 1.29 is 0 Å². The van der Waals surface area contributed by atoms with E-state index in [1.54, 1.807) is 21.8 Å². The topological polar surface area (TPSA) is 0 Å². The fourth-order valence-electron chi connectivity index (χ4n) is 4.76.